The highest BCUT2D eigenvalue weighted by atomic mass is 19.4. The molecule has 5 rings (SSSR count). The number of fused-ring (bicyclic) bond motifs is 2. The van der Waals surface area contributed by atoms with Crippen LogP contribution >= 0.6 is 0 Å². The standard InChI is InChI=1S/C24H32F3N3O2/c25-24(26,27)18-11-16-15-30(8-5-21(16)28-14-18)22(31)23-7-1-3-17(23)12-20(13-23)29-19-4-2-9-32-10-6-19/h11,14,17,19-20,29H,1-10,12-13,15H2/t17-,19+,20-,23-/m1/s1. The number of carbonyl (C=O) groups excluding carboxylic acids is 1. The molecule has 2 aliphatic heterocycles. The number of nitrogens with one attached hydrogen (secondary N) is 1. The van der Waals surface area contributed by atoms with Crippen LogP contribution in [-0.4, -0.2) is 47.6 Å². The van der Waals surface area contributed by atoms with Crippen molar-refractivity contribution in [1.29, 1.82) is 0 Å². The molecule has 4 atom stereocenters. The zero-order valence-corrected chi connectivity index (χ0v) is 18.4. The van der Waals surface area contributed by atoms with E-state index in [2.05, 4.69) is 10.3 Å². The number of ether oxygens (including phenoxy) is 1. The van der Waals surface area contributed by atoms with Crippen molar-refractivity contribution in [2.45, 2.75) is 82.6 Å². The number of hydrogen-bond acceptors (Lipinski definition) is 4. The smallest absolute Gasteiger partial charge is 0.381 e. The van der Waals surface area contributed by atoms with Crippen LogP contribution in [0.3, 0.4) is 0 Å². The van der Waals surface area contributed by atoms with Gasteiger partial charge < -0.3 is 15.0 Å². The third-order valence-electron chi connectivity index (χ3n) is 8.14. The lowest BCUT2D eigenvalue weighted by Gasteiger charge is -2.37. The molecule has 5 nitrogen and oxygen atoms in total. The summed E-state index contributed by atoms with van der Waals surface area (Å²) in [4.78, 5) is 19.7. The van der Waals surface area contributed by atoms with Gasteiger partial charge in [-0.25, -0.2) is 0 Å². The third-order valence-corrected chi connectivity index (χ3v) is 8.14. The monoisotopic (exact) mass is 451 g/mol. The van der Waals surface area contributed by atoms with Crippen molar-refractivity contribution in [3.05, 3.63) is 29.1 Å². The molecule has 0 unspecified atom stereocenters. The van der Waals surface area contributed by atoms with Crippen LogP contribution in [-0.2, 0) is 28.7 Å². The summed E-state index contributed by atoms with van der Waals surface area (Å²) in [5, 5.41) is 3.82. The molecule has 1 amide bonds. The first-order valence-electron chi connectivity index (χ1n) is 12.0. The number of amides is 1. The first-order chi connectivity index (χ1) is 15.3. The van der Waals surface area contributed by atoms with Crippen LogP contribution in [0.2, 0.25) is 0 Å². The van der Waals surface area contributed by atoms with Gasteiger partial charge in [-0.15, -0.1) is 0 Å². The van der Waals surface area contributed by atoms with Crippen molar-refractivity contribution in [1.82, 2.24) is 15.2 Å². The van der Waals surface area contributed by atoms with E-state index >= 15 is 0 Å². The van der Waals surface area contributed by atoms with Gasteiger partial charge in [0.1, 0.15) is 0 Å². The maximum atomic E-state index is 13.8. The fraction of sp³-hybridized carbons (Fsp3) is 0.750. The van der Waals surface area contributed by atoms with E-state index in [0.717, 1.165) is 70.8 Å². The number of aromatic nitrogens is 1. The lowest BCUT2D eigenvalue weighted by molar-refractivity contribution is -0.144. The number of pyridine rings is 1. The van der Waals surface area contributed by atoms with Crippen LogP contribution in [0.5, 0.6) is 0 Å². The van der Waals surface area contributed by atoms with Crippen molar-refractivity contribution in [2.75, 3.05) is 19.8 Å². The lowest BCUT2D eigenvalue weighted by atomic mass is 9.78. The predicted octanol–water partition coefficient (Wildman–Crippen LogP) is 4.09. The summed E-state index contributed by atoms with van der Waals surface area (Å²) in [6.07, 6.45) is 5.09. The van der Waals surface area contributed by atoms with E-state index in [1.807, 2.05) is 4.90 Å². The Morgan fingerprint density at radius 2 is 2.06 bits per heavy atom. The van der Waals surface area contributed by atoms with Gasteiger partial charge in [0, 0.05) is 56.7 Å². The van der Waals surface area contributed by atoms with E-state index in [9.17, 15) is 18.0 Å². The first kappa shape index (κ1) is 22.1. The minimum absolute atomic E-state index is 0.150. The van der Waals surface area contributed by atoms with Gasteiger partial charge in [0.25, 0.3) is 0 Å². The molecule has 0 aromatic carbocycles. The fourth-order valence-corrected chi connectivity index (χ4v) is 6.59. The Morgan fingerprint density at radius 1 is 1.19 bits per heavy atom. The SMILES string of the molecule is O=C(N1CCc2ncc(C(F)(F)F)cc2C1)[C@@]12CCC[C@@H]1C[C@@H](N[C@H]1CCCOCC1)C2. The molecule has 2 aliphatic carbocycles. The first-order valence-corrected chi connectivity index (χ1v) is 12.0. The van der Waals surface area contributed by atoms with Gasteiger partial charge in [0.05, 0.1) is 11.0 Å². The number of carbonyl (C=O) groups is 1. The van der Waals surface area contributed by atoms with Crippen LogP contribution in [0.15, 0.2) is 12.3 Å². The normalized spacial score (nSPS) is 33.0. The number of hydrogen-bond donors (Lipinski definition) is 1. The molecule has 1 saturated heterocycles. The number of alkyl halides is 3. The summed E-state index contributed by atoms with van der Waals surface area (Å²) in [5.41, 5.74) is 0.131. The molecule has 4 aliphatic rings. The summed E-state index contributed by atoms with van der Waals surface area (Å²) < 4.78 is 45.1. The van der Waals surface area contributed by atoms with Crippen LogP contribution in [0.25, 0.3) is 0 Å². The fourth-order valence-electron chi connectivity index (χ4n) is 6.59. The second kappa shape index (κ2) is 8.60. The molecule has 1 aromatic rings. The van der Waals surface area contributed by atoms with Gasteiger partial charge in [-0.1, -0.05) is 6.42 Å². The minimum Gasteiger partial charge on any atom is -0.381 e. The molecule has 1 aromatic heterocycles. The highest BCUT2D eigenvalue weighted by Gasteiger charge is 2.56. The summed E-state index contributed by atoms with van der Waals surface area (Å²) in [5.74, 6) is 0.520. The zero-order valence-electron chi connectivity index (χ0n) is 18.4. The molecule has 1 N–H and O–H groups in total. The number of halogens is 3. The highest BCUT2D eigenvalue weighted by Crippen LogP contribution is 2.55. The van der Waals surface area contributed by atoms with Crippen molar-refractivity contribution in [3.8, 4) is 0 Å². The summed E-state index contributed by atoms with van der Waals surface area (Å²) in [6.45, 7) is 2.39. The average Bonchev–Trinajstić information content (AvgIpc) is 3.20. The minimum atomic E-state index is -4.42. The molecule has 3 heterocycles. The Balaban J connectivity index is 1.30. The Labute approximate surface area is 187 Å². The number of rotatable bonds is 3. The van der Waals surface area contributed by atoms with Crippen LogP contribution < -0.4 is 5.32 Å². The molecule has 176 valence electrons. The molecule has 8 heteroatoms. The van der Waals surface area contributed by atoms with E-state index < -0.39 is 11.7 Å². The van der Waals surface area contributed by atoms with Crippen LogP contribution in [0.1, 0.15) is 68.2 Å². The maximum absolute atomic E-state index is 13.8. The molecule has 0 radical (unpaired) electrons. The third kappa shape index (κ3) is 4.16. The largest absolute Gasteiger partial charge is 0.417 e. The van der Waals surface area contributed by atoms with Gasteiger partial charge in [0.2, 0.25) is 5.91 Å². The Kier molecular flexibility index (Phi) is 5.95. The van der Waals surface area contributed by atoms with Crippen LogP contribution in [0.4, 0.5) is 13.2 Å². The zero-order chi connectivity index (χ0) is 22.3. The van der Waals surface area contributed by atoms with E-state index in [1.165, 1.54) is 6.07 Å². The highest BCUT2D eigenvalue weighted by molar-refractivity contribution is 5.84. The molecule has 3 fully saturated rings. The molecular weight excluding hydrogens is 419 g/mol. The van der Waals surface area contributed by atoms with Gasteiger partial charge in [-0.3, -0.25) is 9.78 Å². The second-order valence-corrected chi connectivity index (χ2v) is 10.1. The van der Waals surface area contributed by atoms with E-state index in [4.69, 9.17) is 4.74 Å². The van der Waals surface area contributed by atoms with Gasteiger partial charge in [-0.2, -0.15) is 13.2 Å². The van der Waals surface area contributed by atoms with Crippen molar-refractivity contribution < 1.29 is 22.7 Å². The lowest BCUT2D eigenvalue weighted by Crippen LogP contribution is -2.47. The predicted molar refractivity (Wildman–Crippen MR) is 113 cm³/mol. The quantitative estimate of drug-likeness (QED) is 0.752. The van der Waals surface area contributed by atoms with Gasteiger partial charge in [0.15, 0.2) is 0 Å². The molecular formula is C24H32F3N3O2. The number of nitrogens with zero attached hydrogens (tertiary/aromatic N) is 2. The van der Waals surface area contributed by atoms with Gasteiger partial charge >= 0.3 is 6.18 Å². The topological polar surface area (TPSA) is 54.5 Å². The Bertz CT molecular complexity index is 853. The molecule has 2 saturated carbocycles. The molecule has 0 bridgehead atoms. The summed E-state index contributed by atoms with van der Waals surface area (Å²) in [7, 11) is 0. The molecule has 32 heavy (non-hydrogen) atoms. The van der Waals surface area contributed by atoms with E-state index in [-0.39, 0.29) is 17.9 Å². The van der Waals surface area contributed by atoms with Crippen molar-refractivity contribution in [3.63, 3.8) is 0 Å². The van der Waals surface area contributed by atoms with Crippen molar-refractivity contribution in [2.24, 2.45) is 11.3 Å². The van der Waals surface area contributed by atoms with E-state index in [0.29, 0.717) is 42.2 Å². The maximum Gasteiger partial charge on any atom is 0.417 e. The van der Waals surface area contributed by atoms with Crippen molar-refractivity contribution >= 4 is 5.91 Å². The Morgan fingerprint density at radius 3 is 2.91 bits per heavy atom. The van der Waals surface area contributed by atoms with E-state index in [1.54, 1.807) is 0 Å². The molecule has 0 spiro atoms. The van der Waals surface area contributed by atoms with Crippen LogP contribution in [0, 0.1) is 11.3 Å². The van der Waals surface area contributed by atoms with Gasteiger partial charge in [-0.05, 0) is 62.5 Å². The Hall–Kier alpha value is -1.67. The summed E-state index contributed by atoms with van der Waals surface area (Å²) >= 11 is 0. The average molecular weight is 452 g/mol. The summed E-state index contributed by atoms with van der Waals surface area (Å²) in [6, 6.07) is 1.96. The second-order valence-electron chi connectivity index (χ2n) is 10.1.